The van der Waals surface area contributed by atoms with Gasteiger partial charge in [0.1, 0.15) is 0 Å². The third-order valence-corrected chi connectivity index (χ3v) is 3.65. The monoisotopic (exact) mass is 315 g/mol. The van der Waals surface area contributed by atoms with Crippen LogP contribution in [0.2, 0.25) is 0 Å². The van der Waals surface area contributed by atoms with E-state index in [0.29, 0.717) is 19.4 Å². The number of hydrogen-bond acceptors (Lipinski definition) is 3. The Kier molecular flexibility index (Phi) is 6.09. The van der Waals surface area contributed by atoms with Crippen molar-refractivity contribution < 1.29 is 28.2 Å². The van der Waals surface area contributed by atoms with Gasteiger partial charge in [-0.3, -0.25) is 0 Å². The minimum absolute atomic E-state index is 0.166. The average molecular weight is 315 g/mol. The van der Waals surface area contributed by atoms with Gasteiger partial charge in [0.25, 0.3) is 0 Å². The van der Waals surface area contributed by atoms with E-state index in [9.17, 15) is 18.7 Å². The summed E-state index contributed by atoms with van der Waals surface area (Å²) in [6.45, 7) is -2.62. The smallest absolute Gasteiger partial charge is 0.407 e. The Labute approximate surface area is 127 Å². The minimum atomic E-state index is -2.89. The second-order valence-corrected chi connectivity index (χ2v) is 5.18. The highest BCUT2D eigenvalue weighted by atomic mass is 19.3. The molecule has 1 aromatic carbocycles. The number of nitrogens with zero attached hydrogens (tertiary/aromatic N) is 1. The summed E-state index contributed by atoms with van der Waals surface area (Å²) >= 11 is 0. The number of likely N-dealkylation sites (tertiary alicyclic amines) is 1. The summed E-state index contributed by atoms with van der Waals surface area (Å²) in [5.74, 6) is 0. The summed E-state index contributed by atoms with van der Waals surface area (Å²) in [5.41, 5.74) is 1.01. The predicted molar refractivity (Wildman–Crippen MR) is 74.7 cm³/mol. The third kappa shape index (κ3) is 4.92. The molecule has 0 aliphatic carbocycles. The number of alkyl halides is 2. The van der Waals surface area contributed by atoms with E-state index in [-0.39, 0.29) is 19.3 Å². The molecule has 0 bridgehead atoms. The molecular formula is C15H19F2NO4. The number of rotatable bonds is 6. The van der Waals surface area contributed by atoms with Crippen LogP contribution in [0, 0.1) is 0 Å². The van der Waals surface area contributed by atoms with E-state index in [1.807, 2.05) is 30.3 Å². The molecule has 1 saturated heterocycles. The van der Waals surface area contributed by atoms with Crippen molar-refractivity contribution in [3.63, 3.8) is 0 Å². The first-order chi connectivity index (χ1) is 10.6. The lowest BCUT2D eigenvalue weighted by Gasteiger charge is -2.37. The molecule has 0 aromatic heterocycles. The number of ether oxygens (including phenoxy) is 2. The van der Waals surface area contributed by atoms with Crippen LogP contribution >= 0.6 is 0 Å². The van der Waals surface area contributed by atoms with E-state index in [0.717, 1.165) is 10.5 Å². The van der Waals surface area contributed by atoms with Crippen LogP contribution in [-0.4, -0.2) is 48.0 Å². The third-order valence-electron chi connectivity index (χ3n) is 3.65. The van der Waals surface area contributed by atoms with E-state index in [1.54, 1.807) is 0 Å². The quantitative estimate of drug-likeness (QED) is 0.877. The maximum absolute atomic E-state index is 12.1. The lowest BCUT2D eigenvalue weighted by atomic mass is 10.0. The van der Waals surface area contributed by atoms with Gasteiger partial charge in [-0.15, -0.1) is 0 Å². The van der Waals surface area contributed by atoms with Crippen molar-refractivity contribution in [2.45, 2.75) is 38.2 Å². The molecule has 1 aromatic rings. The zero-order valence-corrected chi connectivity index (χ0v) is 12.0. The van der Waals surface area contributed by atoms with E-state index in [4.69, 9.17) is 4.74 Å². The van der Waals surface area contributed by atoms with Crippen molar-refractivity contribution in [2.24, 2.45) is 0 Å². The van der Waals surface area contributed by atoms with Gasteiger partial charge >= 0.3 is 12.7 Å². The second-order valence-electron chi connectivity index (χ2n) is 5.18. The normalized spacial score (nSPS) is 22.0. The first kappa shape index (κ1) is 16.6. The molecule has 1 heterocycles. The number of piperidine rings is 1. The molecule has 1 fully saturated rings. The highest BCUT2D eigenvalue weighted by Crippen LogP contribution is 2.21. The van der Waals surface area contributed by atoms with E-state index in [1.165, 1.54) is 0 Å². The van der Waals surface area contributed by atoms with Gasteiger partial charge in [0, 0.05) is 0 Å². The van der Waals surface area contributed by atoms with Gasteiger partial charge in [-0.1, -0.05) is 30.3 Å². The van der Waals surface area contributed by atoms with Crippen LogP contribution in [0.15, 0.2) is 30.3 Å². The van der Waals surface area contributed by atoms with Gasteiger partial charge < -0.3 is 19.5 Å². The fourth-order valence-corrected chi connectivity index (χ4v) is 2.51. The first-order valence-corrected chi connectivity index (χ1v) is 7.11. The van der Waals surface area contributed by atoms with Crippen LogP contribution in [0.25, 0.3) is 0 Å². The zero-order valence-electron chi connectivity index (χ0n) is 12.0. The van der Waals surface area contributed by atoms with Crippen LogP contribution < -0.4 is 0 Å². The lowest BCUT2D eigenvalue weighted by Crippen LogP contribution is -2.50. The van der Waals surface area contributed by atoms with Crippen molar-refractivity contribution in [3.05, 3.63) is 35.9 Å². The van der Waals surface area contributed by atoms with Crippen molar-refractivity contribution in [2.75, 3.05) is 13.2 Å². The summed E-state index contributed by atoms with van der Waals surface area (Å²) in [5, 5.41) is 9.20. The maximum Gasteiger partial charge on any atom is 0.407 e. The molecule has 2 rings (SSSR count). The molecule has 22 heavy (non-hydrogen) atoms. The number of carboxylic acid groups (broad SMARTS) is 1. The number of hydrogen-bond donors (Lipinski definition) is 1. The van der Waals surface area contributed by atoms with Crippen molar-refractivity contribution in [1.29, 1.82) is 0 Å². The zero-order chi connectivity index (χ0) is 15.9. The van der Waals surface area contributed by atoms with Crippen molar-refractivity contribution in [1.82, 2.24) is 4.90 Å². The number of halogens is 2. The van der Waals surface area contributed by atoms with E-state index >= 15 is 0 Å². The largest absolute Gasteiger partial charge is 0.465 e. The summed E-state index contributed by atoms with van der Waals surface area (Å²) < 4.78 is 34.2. The van der Waals surface area contributed by atoms with Gasteiger partial charge in [0.2, 0.25) is 0 Å². The van der Waals surface area contributed by atoms with Crippen LogP contribution in [0.3, 0.4) is 0 Å². The molecule has 1 aliphatic rings. The van der Waals surface area contributed by atoms with Crippen molar-refractivity contribution >= 4 is 6.09 Å². The van der Waals surface area contributed by atoms with Crippen LogP contribution in [0.1, 0.15) is 18.4 Å². The van der Waals surface area contributed by atoms with Crippen LogP contribution in [-0.2, 0) is 16.1 Å². The molecule has 2 atom stereocenters. The molecule has 1 amide bonds. The molecular weight excluding hydrogens is 296 g/mol. The highest BCUT2D eigenvalue weighted by molar-refractivity contribution is 5.65. The fraction of sp³-hybridized carbons (Fsp3) is 0.533. The van der Waals surface area contributed by atoms with Crippen LogP contribution in [0.4, 0.5) is 13.6 Å². The molecule has 0 saturated carbocycles. The number of benzene rings is 1. The van der Waals surface area contributed by atoms with Gasteiger partial charge in [-0.2, -0.15) is 8.78 Å². The number of amides is 1. The van der Waals surface area contributed by atoms with Crippen LogP contribution in [0.5, 0.6) is 0 Å². The van der Waals surface area contributed by atoms with Gasteiger partial charge in [0.15, 0.2) is 0 Å². The highest BCUT2D eigenvalue weighted by Gasteiger charge is 2.32. The van der Waals surface area contributed by atoms with Gasteiger partial charge in [-0.05, 0) is 18.4 Å². The van der Waals surface area contributed by atoms with E-state index < -0.39 is 18.7 Å². The standard InChI is InChI=1S/C15H19F2NO4/c16-14(17)22-10-12-6-7-13(8-18(12)15(19)20)21-9-11-4-2-1-3-5-11/h1-5,12-14H,6-10H2,(H,19,20)/t12-,13-/m0/s1. The van der Waals surface area contributed by atoms with Gasteiger partial charge in [-0.25, -0.2) is 4.79 Å². The number of carbonyl (C=O) groups is 1. The van der Waals surface area contributed by atoms with Gasteiger partial charge in [0.05, 0.1) is 31.9 Å². The Bertz CT molecular complexity index is 472. The summed E-state index contributed by atoms with van der Waals surface area (Å²) in [6, 6.07) is 9.02. The predicted octanol–water partition coefficient (Wildman–Crippen LogP) is 2.95. The molecule has 0 spiro atoms. The molecule has 1 aliphatic heterocycles. The molecule has 122 valence electrons. The summed E-state index contributed by atoms with van der Waals surface area (Å²) in [7, 11) is 0. The topological polar surface area (TPSA) is 59.0 Å². The fourth-order valence-electron chi connectivity index (χ4n) is 2.51. The lowest BCUT2D eigenvalue weighted by molar-refractivity contribution is -0.146. The Morgan fingerprint density at radius 3 is 2.68 bits per heavy atom. The minimum Gasteiger partial charge on any atom is -0.465 e. The maximum atomic E-state index is 12.1. The second kappa shape index (κ2) is 8.05. The average Bonchev–Trinajstić information content (AvgIpc) is 2.52. The molecule has 0 unspecified atom stereocenters. The SMILES string of the molecule is O=C(O)N1C[C@@H](OCc2ccccc2)CC[C@H]1COC(F)F. The Balaban J connectivity index is 1.85. The molecule has 5 nitrogen and oxygen atoms in total. The summed E-state index contributed by atoms with van der Waals surface area (Å²) in [4.78, 5) is 12.4. The molecule has 1 N–H and O–H groups in total. The summed E-state index contributed by atoms with van der Waals surface area (Å²) in [6.07, 6.45) is -0.318. The Morgan fingerprint density at radius 2 is 2.05 bits per heavy atom. The van der Waals surface area contributed by atoms with E-state index in [2.05, 4.69) is 4.74 Å². The molecule has 7 heteroatoms. The molecule has 0 radical (unpaired) electrons. The first-order valence-electron chi connectivity index (χ1n) is 7.11. The van der Waals surface area contributed by atoms with Crippen molar-refractivity contribution in [3.8, 4) is 0 Å². The Morgan fingerprint density at radius 1 is 1.32 bits per heavy atom. The Hall–Kier alpha value is -1.73.